The van der Waals surface area contributed by atoms with E-state index in [1.807, 2.05) is 0 Å². The second-order valence-electron chi connectivity index (χ2n) is 3.51. The Morgan fingerprint density at radius 3 is 2.00 bits per heavy atom. The molecular weight excluding hydrogens is 190 g/mol. The van der Waals surface area contributed by atoms with Gasteiger partial charge < -0.3 is 20.2 Å². The van der Waals surface area contributed by atoms with Crippen LogP contribution in [0.4, 0.5) is 4.79 Å². The normalized spacial score (nSPS) is 20.5. The highest BCUT2D eigenvalue weighted by Crippen LogP contribution is 2.31. The van der Waals surface area contributed by atoms with Crippen molar-refractivity contribution in [1.82, 2.24) is 4.90 Å². The zero-order valence-corrected chi connectivity index (χ0v) is 7.64. The second-order valence-corrected chi connectivity index (χ2v) is 3.51. The van der Waals surface area contributed by atoms with E-state index in [0.717, 1.165) is 4.90 Å². The maximum atomic E-state index is 10.9. The van der Waals surface area contributed by atoms with Crippen LogP contribution in [0.3, 0.4) is 0 Å². The van der Waals surface area contributed by atoms with Crippen molar-refractivity contribution < 1.29 is 24.9 Å². The predicted octanol–water partition coefficient (Wildman–Crippen LogP) is -0.176. The number of rotatable bonds is 2. The minimum atomic E-state index is -1.15. The molecule has 0 bridgehead atoms. The lowest BCUT2D eigenvalue weighted by molar-refractivity contribution is -0.154. The zero-order chi connectivity index (χ0) is 10.8. The largest absolute Gasteiger partial charge is 0.481 e. The molecule has 0 unspecified atom stereocenters. The van der Waals surface area contributed by atoms with Crippen molar-refractivity contribution >= 4 is 12.1 Å². The number of carboxylic acids is 1. The van der Waals surface area contributed by atoms with Crippen LogP contribution < -0.4 is 0 Å². The summed E-state index contributed by atoms with van der Waals surface area (Å²) in [5.41, 5.74) is -1.15. The first-order chi connectivity index (χ1) is 6.52. The van der Waals surface area contributed by atoms with Crippen LogP contribution in [-0.4, -0.2) is 52.0 Å². The predicted molar refractivity (Wildman–Crippen MR) is 46.0 cm³/mol. The van der Waals surface area contributed by atoms with Gasteiger partial charge in [-0.25, -0.2) is 4.79 Å². The van der Waals surface area contributed by atoms with Crippen molar-refractivity contribution in [3.05, 3.63) is 0 Å². The fourth-order valence-corrected chi connectivity index (χ4v) is 1.57. The van der Waals surface area contributed by atoms with Gasteiger partial charge in [0.2, 0.25) is 0 Å². The van der Waals surface area contributed by atoms with Crippen LogP contribution in [-0.2, 0) is 4.79 Å². The van der Waals surface area contributed by atoms with Crippen LogP contribution >= 0.6 is 0 Å². The van der Waals surface area contributed by atoms with Gasteiger partial charge >= 0.3 is 12.1 Å². The van der Waals surface area contributed by atoms with Crippen molar-refractivity contribution in [2.24, 2.45) is 5.41 Å². The summed E-state index contributed by atoms with van der Waals surface area (Å²) in [5.74, 6) is -1.05. The van der Waals surface area contributed by atoms with E-state index in [1.165, 1.54) is 0 Å². The first kappa shape index (κ1) is 10.8. The highest BCUT2D eigenvalue weighted by Gasteiger charge is 2.41. The summed E-state index contributed by atoms with van der Waals surface area (Å²) in [7, 11) is 0. The third kappa shape index (κ3) is 1.79. The summed E-state index contributed by atoms with van der Waals surface area (Å²) < 4.78 is 0. The van der Waals surface area contributed by atoms with Crippen LogP contribution in [0, 0.1) is 5.41 Å². The minimum absolute atomic E-state index is 0.169. The van der Waals surface area contributed by atoms with Gasteiger partial charge in [0.25, 0.3) is 0 Å². The quantitative estimate of drug-likeness (QED) is 0.578. The van der Waals surface area contributed by atoms with Crippen molar-refractivity contribution in [2.75, 3.05) is 19.7 Å². The summed E-state index contributed by atoms with van der Waals surface area (Å²) in [6.45, 7) is -0.0970. The van der Waals surface area contributed by atoms with E-state index in [2.05, 4.69) is 0 Å². The van der Waals surface area contributed by atoms with E-state index in [0.29, 0.717) is 0 Å². The number of carbonyl (C=O) groups is 2. The van der Waals surface area contributed by atoms with Crippen LogP contribution in [0.25, 0.3) is 0 Å². The third-order valence-corrected chi connectivity index (χ3v) is 2.75. The number of nitrogens with zero attached hydrogens (tertiary/aromatic N) is 1. The molecule has 1 heterocycles. The number of likely N-dealkylation sites (tertiary alicyclic amines) is 1. The molecule has 14 heavy (non-hydrogen) atoms. The summed E-state index contributed by atoms with van der Waals surface area (Å²) in [6.07, 6.45) is -0.696. The molecule has 0 saturated carbocycles. The average Bonchev–Trinajstić information content (AvgIpc) is 2.17. The maximum Gasteiger partial charge on any atom is 0.407 e. The SMILES string of the molecule is O=C(O)N1CCC(CO)(C(=O)O)CC1. The van der Waals surface area contributed by atoms with Gasteiger partial charge in [-0.15, -0.1) is 0 Å². The molecule has 1 saturated heterocycles. The Bertz CT molecular complexity index is 244. The average molecular weight is 203 g/mol. The summed E-state index contributed by atoms with van der Waals surface area (Å²) in [4.78, 5) is 22.6. The Kier molecular flexibility index (Phi) is 2.95. The van der Waals surface area contributed by atoms with Gasteiger partial charge in [0.05, 0.1) is 12.0 Å². The van der Waals surface area contributed by atoms with Crippen LogP contribution in [0.2, 0.25) is 0 Å². The number of aliphatic hydroxyl groups is 1. The Balaban J connectivity index is 2.64. The molecule has 1 aliphatic heterocycles. The van der Waals surface area contributed by atoms with Gasteiger partial charge in [-0.1, -0.05) is 0 Å². The lowest BCUT2D eigenvalue weighted by atomic mass is 9.79. The number of carboxylic acid groups (broad SMARTS) is 2. The monoisotopic (exact) mass is 203 g/mol. The van der Waals surface area contributed by atoms with E-state index in [1.54, 1.807) is 0 Å². The lowest BCUT2D eigenvalue weighted by Crippen LogP contribution is -2.47. The van der Waals surface area contributed by atoms with E-state index in [4.69, 9.17) is 15.3 Å². The van der Waals surface area contributed by atoms with Crippen LogP contribution in [0.5, 0.6) is 0 Å². The van der Waals surface area contributed by atoms with Gasteiger partial charge in [-0.05, 0) is 12.8 Å². The fraction of sp³-hybridized carbons (Fsp3) is 0.750. The minimum Gasteiger partial charge on any atom is -0.481 e. The summed E-state index contributed by atoms with van der Waals surface area (Å²) in [6, 6.07) is 0. The number of amides is 1. The molecule has 80 valence electrons. The van der Waals surface area contributed by atoms with Crippen LogP contribution in [0.1, 0.15) is 12.8 Å². The molecule has 3 N–H and O–H groups in total. The molecule has 6 heteroatoms. The number of hydrogen-bond acceptors (Lipinski definition) is 3. The molecule has 0 aliphatic carbocycles. The molecule has 6 nitrogen and oxygen atoms in total. The molecule has 0 aromatic rings. The molecule has 0 radical (unpaired) electrons. The molecule has 0 aromatic heterocycles. The highest BCUT2D eigenvalue weighted by molar-refractivity contribution is 5.75. The fourth-order valence-electron chi connectivity index (χ4n) is 1.57. The Morgan fingerprint density at radius 2 is 1.71 bits per heavy atom. The first-order valence-electron chi connectivity index (χ1n) is 4.34. The van der Waals surface area contributed by atoms with Crippen molar-refractivity contribution in [1.29, 1.82) is 0 Å². The topological polar surface area (TPSA) is 98.1 Å². The Morgan fingerprint density at radius 1 is 1.21 bits per heavy atom. The number of aliphatic carboxylic acids is 1. The van der Waals surface area contributed by atoms with Gasteiger partial charge in [0, 0.05) is 13.1 Å². The van der Waals surface area contributed by atoms with Crippen LogP contribution in [0.15, 0.2) is 0 Å². The standard InChI is InChI=1S/C8H13NO5/c10-5-8(6(11)12)1-3-9(4-2-8)7(13)14/h10H,1-5H2,(H,11,12)(H,13,14). The molecule has 0 aromatic carbocycles. The first-order valence-corrected chi connectivity index (χ1v) is 4.34. The smallest absolute Gasteiger partial charge is 0.407 e. The molecule has 1 amide bonds. The lowest BCUT2D eigenvalue weighted by Gasteiger charge is -2.36. The molecule has 0 spiro atoms. The molecule has 1 rings (SSSR count). The van der Waals surface area contributed by atoms with E-state index < -0.39 is 24.1 Å². The second kappa shape index (κ2) is 3.83. The Hall–Kier alpha value is -1.30. The van der Waals surface area contributed by atoms with E-state index in [-0.39, 0.29) is 25.9 Å². The van der Waals surface area contributed by atoms with E-state index >= 15 is 0 Å². The highest BCUT2D eigenvalue weighted by atomic mass is 16.4. The number of hydrogen-bond donors (Lipinski definition) is 3. The molecule has 0 atom stereocenters. The molecule has 1 aliphatic rings. The zero-order valence-electron chi connectivity index (χ0n) is 7.64. The molecule has 1 fully saturated rings. The summed E-state index contributed by atoms with van der Waals surface area (Å²) in [5, 5.41) is 26.5. The molecular formula is C8H13NO5. The Labute approximate surface area is 80.8 Å². The van der Waals surface area contributed by atoms with Gasteiger partial charge in [0.1, 0.15) is 0 Å². The summed E-state index contributed by atoms with van der Waals surface area (Å²) >= 11 is 0. The van der Waals surface area contributed by atoms with Gasteiger partial charge in [-0.3, -0.25) is 4.79 Å². The van der Waals surface area contributed by atoms with Crippen molar-refractivity contribution in [3.8, 4) is 0 Å². The number of aliphatic hydroxyl groups excluding tert-OH is 1. The van der Waals surface area contributed by atoms with Gasteiger partial charge in [0.15, 0.2) is 0 Å². The van der Waals surface area contributed by atoms with E-state index in [9.17, 15) is 9.59 Å². The number of piperidine rings is 1. The van der Waals surface area contributed by atoms with Gasteiger partial charge in [-0.2, -0.15) is 0 Å². The third-order valence-electron chi connectivity index (χ3n) is 2.75. The van der Waals surface area contributed by atoms with Crippen molar-refractivity contribution in [2.45, 2.75) is 12.8 Å². The maximum absolute atomic E-state index is 10.9. The van der Waals surface area contributed by atoms with Crippen molar-refractivity contribution in [3.63, 3.8) is 0 Å².